The van der Waals surface area contributed by atoms with Crippen LogP contribution in [0.25, 0.3) is 0 Å². The van der Waals surface area contributed by atoms with Gasteiger partial charge < -0.3 is 10.1 Å². The lowest BCUT2D eigenvalue weighted by Gasteiger charge is -2.07. The number of unbranched alkanes of at least 4 members (excludes halogenated alkanes) is 1. The van der Waals surface area contributed by atoms with Crippen molar-refractivity contribution in [3.63, 3.8) is 0 Å². The van der Waals surface area contributed by atoms with Crippen molar-refractivity contribution >= 4 is 5.95 Å². The first-order valence-electron chi connectivity index (χ1n) is 6.70. The molecule has 0 aliphatic heterocycles. The third-order valence-electron chi connectivity index (χ3n) is 2.89. The lowest BCUT2D eigenvalue weighted by Crippen LogP contribution is -2.00. The predicted molar refractivity (Wildman–Crippen MR) is 76.7 cm³/mol. The monoisotopic (exact) mass is 275 g/mol. The number of nitrogens with one attached hydrogen (secondary N) is 1. The van der Waals surface area contributed by atoms with Gasteiger partial charge in [-0.05, 0) is 30.5 Å². The van der Waals surface area contributed by atoms with Crippen LogP contribution in [0.4, 0.5) is 10.3 Å². The molecule has 0 atom stereocenters. The van der Waals surface area contributed by atoms with E-state index in [9.17, 15) is 4.39 Å². The number of benzene rings is 1. The molecule has 0 amide bonds. The Morgan fingerprint density at radius 2 is 2.00 bits per heavy atom. The van der Waals surface area contributed by atoms with E-state index in [4.69, 9.17) is 4.74 Å². The van der Waals surface area contributed by atoms with Gasteiger partial charge in [-0.3, -0.25) is 0 Å². The normalized spacial score (nSPS) is 10.3. The molecule has 0 saturated carbocycles. The summed E-state index contributed by atoms with van der Waals surface area (Å²) in [5.74, 6) is 0.218. The van der Waals surface area contributed by atoms with Crippen LogP contribution in [0.2, 0.25) is 0 Å². The minimum atomic E-state index is -0.584. The molecule has 0 unspecified atom stereocenters. The molecule has 2 rings (SSSR count). The van der Waals surface area contributed by atoms with E-state index in [-0.39, 0.29) is 5.88 Å². The Bertz CT molecular complexity index is 558. The van der Waals surface area contributed by atoms with E-state index >= 15 is 0 Å². The van der Waals surface area contributed by atoms with Crippen molar-refractivity contribution in [1.82, 2.24) is 9.97 Å². The van der Waals surface area contributed by atoms with E-state index in [1.807, 2.05) is 24.3 Å². The summed E-state index contributed by atoms with van der Waals surface area (Å²) in [7, 11) is 1.67. The molecule has 0 bridgehead atoms. The Morgan fingerprint density at radius 1 is 1.25 bits per heavy atom. The van der Waals surface area contributed by atoms with Crippen molar-refractivity contribution in [3.05, 3.63) is 41.8 Å². The number of hydrogen-bond acceptors (Lipinski definition) is 4. The minimum absolute atomic E-state index is 0.0781. The average Bonchev–Trinajstić information content (AvgIpc) is 2.49. The smallest absolute Gasteiger partial charge is 0.260 e. The first-order chi connectivity index (χ1) is 9.72. The van der Waals surface area contributed by atoms with Crippen molar-refractivity contribution in [2.24, 2.45) is 0 Å². The molecule has 0 aliphatic carbocycles. The molecule has 0 saturated heterocycles. The van der Waals surface area contributed by atoms with Crippen molar-refractivity contribution in [3.8, 4) is 11.6 Å². The number of anilines is 1. The lowest BCUT2D eigenvalue weighted by atomic mass is 10.1. The van der Waals surface area contributed by atoms with Crippen molar-refractivity contribution in [2.75, 3.05) is 12.4 Å². The number of hydrogen-bond donors (Lipinski definition) is 1. The summed E-state index contributed by atoms with van der Waals surface area (Å²) in [5.41, 5.74) is 1.25. The van der Waals surface area contributed by atoms with Gasteiger partial charge in [0, 0.05) is 7.05 Å². The van der Waals surface area contributed by atoms with Crippen LogP contribution in [0.3, 0.4) is 0 Å². The third-order valence-corrected chi connectivity index (χ3v) is 2.89. The molecular weight excluding hydrogens is 257 g/mol. The van der Waals surface area contributed by atoms with Gasteiger partial charge in [0.25, 0.3) is 5.88 Å². The first-order valence-corrected chi connectivity index (χ1v) is 6.70. The zero-order chi connectivity index (χ0) is 14.4. The fourth-order valence-corrected chi connectivity index (χ4v) is 1.76. The van der Waals surface area contributed by atoms with Gasteiger partial charge in [-0.1, -0.05) is 25.5 Å². The van der Waals surface area contributed by atoms with Gasteiger partial charge in [-0.25, -0.2) is 4.98 Å². The number of ether oxygens (including phenoxy) is 1. The highest BCUT2D eigenvalue weighted by Gasteiger charge is 2.08. The number of nitrogens with zero attached hydrogens (tertiary/aromatic N) is 2. The summed E-state index contributed by atoms with van der Waals surface area (Å²) in [4.78, 5) is 7.71. The highest BCUT2D eigenvalue weighted by Crippen LogP contribution is 2.23. The molecular formula is C15H18FN3O. The maximum absolute atomic E-state index is 13.6. The van der Waals surface area contributed by atoms with E-state index in [0.717, 1.165) is 25.5 Å². The van der Waals surface area contributed by atoms with Gasteiger partial charge in [-0.2, -0.15) is 9.37 Å². The number of aromatic nitrogens is 2. The average molecular weight is 275 g/mol. The topological polar surface area (TPSA) is 47.0 Å². The Hall–Kier alpha value is -2.17. The van der Waals surface area contributed by atoms with Crippen LogP contribution in [0.1, 0.15) is 25.3 Å². The van der Waals surface area contributed by atoms with Crippen LogP contribution < -0.4 is 10.1 Å². The molecule has 5 heteroatoms. The highest BCUT2D eigenvalue weighted by atomic mass is 19.1. The predicted octanol–water partition coefficient (Wildman–Crippen LogP) is 3.79. The molecule has 0 spiro atoms. The maximum atomic E-state index is 13.6. The molecule has 1 aromatic carbocycles. The van der Waals surface area contributed by atoms with E-state index in [1.165, 1.54) is 5.56 Å². The number of halogens is 1. The maximum Gasteiger partial charge on any atom is 0.260 e. The van der Waals surface area contributed by atoms with E-state index < -0.39 is 5.82 Å². The zero-order valence-corrected chi connectivity index (χ0v) is 11.7. The quantitative estimate of drug-likeness (QED) is 0.871. The van der Waals surface area contributed by atoms with Gasteiger partial charge in [0.2, 0.25) is 11.8 Å². The molecule has 20 heavy (non-hydrogen) atoms. The van der Waals surface area contributed by atoms with Crippen LogP contribution in [0.15, 0.2) is 30.5 Å². The van der Waals surface area contributed by atoms with Gasteiger partial charge in [0.05, 0.1) is 6.20 Å². The molecule has 0 fully saturated rings. The lowest BCUT2D eigenvalue weighted by molar-refractivity contribution is 0.420. The molecule has 0 radical (unpaired) electrons. The summed E-state index contributed by atoms with van der Waals surface area (Å²) in [5, 5.41) is 2.74. The van der Waals surface area contributed by atoms with Gasteiger partial charge >= 0.3 is 0 Å². The second-order valence-electron chi connectivity index (χ2n) is 4.45. The van der Waals surface area contributed by atoms with E-state index in [1.54, 1.807) is 7.05 Å². The van der Waals surface area contributed by atoms with Gasteiger partial charge in [-0.15, -0.1) is 0 Å². The van der Waals surface area contributed by atoms with Crippen LogP contribution in [-0.4, -0.2) is 17.0 Å². The second-order valence-corrected chi connectivity index (χ2v) is 4.45. The third kappa shape index (κ3) is 3.66. The van der Waals surface area contributed by atoms with Gasteiger partial charge in [0.1, 0.15) is 5.75 Å². The fraction of sp³-hybridized carbons (Fsp3) is 0.333. The summed E-state index contributed by atoms with van der Waals surface area (Å²) >= 11 is 0. The molecule has 1 heterocycles. The highest BCUT2D eigenvalue weighted by molar-refractivity contribution is 5.33. The first kappa shape index (κ1) is 14.2. The SMILES string of the molecule is CCCCc1ccc(Oc2nc(NC)ncc2F)cc1. The molecule has 2 aromatic rings. The summed E-state index contributed by atoms with van der Waals surface area (Å²) in [6.07, 6.45) is 4.45. The largest absolute Gasteiger partial charge is 0.436 e. The molecule has 1 N–H and O–H groups in total. The van der Waals surface area contributed by atoms with Gasteiger partial charge in [0.15, 0.2) is 0 Å². The van der Waals surface area contributed by atoms with E-state index in [0.29, 0.717) is 11.7 Å². The van der Waals surface area contributed by atoms with Crippen molar-refractivity contribution in [2.45, 2.75) is 26.2 Å². The van der Waals surface area contributed by atoms with Crippen LogP contribution >= 0.6 is 0 Å². The molecule has 106 valence electrons. The Morgan fingerprint density at radius 3 is 2.65 bits per heavy atom. The minimum Gasteiger partial charge on any atom is -0.436 e. The second kappa shape index (κ2) is 6.84. The molecule has 0 aliphatic rings. The summed E-state index contributed by atoms with van der Waals surface area (Å²) in [6.45, 7) is 2.16. The standard InChI is InChI=1S/C15H18FN3O/c1-3-4-5-11-6-8-12(9-7-11)20-14-13(16)10-18-15(17-2)19-14/h6-10H,3-5H2,1-2H3,(H,17,18,19). The van der Waals surface area contributed by atoms with Crippen LogP contribution in [0.5, 0.6) is 11.6 Å². The van der Waals surface area contributed by atoms with Crippen molar-refractivity contribution < 1.29 is 9.13 Å². The molecule has 1 aromatic heterocycles. The summed E-state index contributed by atoms with van der Waals surface area (Å²) < 4.78 is 19.0. The van der Waals surface area contributed by atoms with E-state index in [2.05, 4.69) is 22.2 Å². The van der Waals surface area contributed by atoms with Crippen LogP contribution in [0, 0.1) is 5.82 Å². The Labute approximate surface area is 118 Å². The molecule has 4 nitrogen and oxygen atoms in total. The number of aryl methyl sites for hydroxylation is 1. The fourth-order valence-electron chi connectivity index (χ4n) is 1.76. The zero-order valence-electron chi connectivity index (χ0n) is 11.7. The Balaban J connectivity index is 2.09. The summed E-state index contributed by atoms with van der Waals surface area (Å²) in [6, 6.07) is 7.63. The van der Waals surface area contributed by atoms with Crippen LogP contribution in [-0.2, 0) is 6.42 Å². The number of rotatable bonds is 6. The van der Waals surface area contributed by atoms with Crippen molar-refractivity contribution in [1.29, 1.82) is 0 Å². The Kier molecular flexibility index (Phi) is 4.87.